The fourth-order valence-corrected chi connectivity index (χ4v) is 4.09. The van der Waals surface area contributed by atoms with E-state index in [-0.39, 0.29) is 0 Å². The number of nitrogen functional groups attached to an aromatic ring is 1. The summed E-state index contributed by atoms with van der Waals surface area (Å²) in [5, 5.41) is 0.696. The van der Waals surface area contributed by atoms with Crippen LogP contribution in [0.3, 0.4) is 0 Å². The molecule has 0 aliphatic carbocycles. The maximum atomic E-state index is 6.26. The van der Waals surface area contributed by atoms with Crippen LogP contribution in [0.2, 0.25) is 0 Å². The van der Waals surface area contributed by atoms with E-state index in [1.807, 2.05) is 24.3 Å². The van der Waals surface area contributed by atoms with Crippen molar-refractivity contribution >= 4 is 22.5 Å². The predicted molar refractivity (Wildman–Crippen MR) is 129 cm³/mol. The number of nitrogens with zero attached hydrogens (tertiary/aromatic N) is 4. The Labute approximate surface area is 192 Å². The molecule has 0 bridgehead atoms. The van der Waals surface area contributed by atoms with Gasteiger partial charge in [0, 0.05) is 30.4 Å². The van der Waals surface area contributed by atoms with Crippen LogP contribution in [0.1, 0.15) is 0 Å². The summed E-state index contributed by atoms with van der Waals surface area (Å²) in [6.07, 6.45) is 1.44. The summed E-state index contributed by atoms with van der Waals surface area (Å²) < 4.78 is 16.4. The Morgan fingerprint density at radius 3 is 2.24 bits per heavy atom. The molecule has 2 aromatic heterocycles. The van der Waals surface area contributed by atoms with Crippen molar-refractivity contribution in [1.29, 1.82) is 0 Å². The molecule has 0 saturated carbocycles. The van der Waals surface area contributed by atoms with E-state index in [0.717, 1.165) is 48.7 Å². The van der Waals surface area contributed by atoms with Crippen LogP contribution in [0, 0.1) is 0 Å². The number of nitrogens with two attached hydrogens (primary N) is 1. The molecule has 1 aliphatic heterocycles. The molecule has 0 spiro atoms. The van der Waals surface area contributed by atoms with E-state index in [2.05, 4.69) is 39.1 Å². The normalized spacial score (nSPS) is 13.8. The molecule has 0 amide bonds. The lowest BCUT2D eigenvalue weighted by Gasteiger charge is -2.28. The van der Waals surface area contributed by atoms with Gasteiger partial charge in [0.05, 0.1) is 38.5 Å². The molecule has 2 N–H and O–H groups in total. The van der Waals surface area contributed by atoms with Crippen LogP contribution < -0.4 is 20.1 Å². The first kappa shape index (κ1) is 21.0. The number of ether oxygens (including phenoxy) is 3. The number of rotatable bonds is 5. The fourth-order valence-electron chi connectivity index (χ4n) is 4.09. The number of benzene rings is 2. The molecule has 5 rings (SSSR count). The second kappa shape index (κ2) is 8.91. The van der Waals surface area contributed by atoms with Gasteiger partial charge >= 0.3 is 0 Å². The van der Waals surface area contributed by atoms with Crippen molar-refractivity contribution in [3.8, 4) is 33.9 Å². The zero-order valence-electron chi connectivity index (χ0n) is 18.6. The Morgan fingerprint density at radius 2 is 1.58 bits per heavy atom. The van der Waals surface area contributed by atoms with Crippen LogP contribution in [-0.2, 0) is 4.74 Å². The van der Waals surface area contributed by atoms with E-state index in [1.165, 1.54) is 12.0 Å². The predicted octanol–water partition coefficient (Wildman–Crippen LogP) is 3.79. The molecular weight excluding hydrogens is 418 g/mol. The minimum atomic E-state index is 0.374. The molecule has 0 unspecified atom stereocenters. The number of morpholine rings is 1. The average molecular weight is 444 g/mol. The van der Waals surface area contributed by atoms with Crippen LogP contribution in [0.15, 0.2) is 54.9 Å². The molecule has 0 radical (unpaired) electrons. The molecule has 0 atom stereocenters. The third kappa shape index (κ3) is 4.12. The summed E-state index contributed by atoms with van der Waals surface area (Å²) in [7, 11) is 3.25. The van der Waals surface area contributed by atoms with Crippen molar-refractivity contribution in [3.63, 3.8) is 0 Å². The minimum Gasteiger partial charge on any atom is -0.497 e. The first-order valence-electron chi connectivity index (χ1n) is 10.7. The highest BCUT2D eigenvalue weighted by Gasteiger charge is 2.16. The molecule has 4 aromatic rings. The first-order valence-corrected chi connectivity index (χ1v) is 10.7. The smallest absolute Gasteiger partial charge is 0.165 e. The summed E-state index contributed by atoms with van der Waals surface area (Å²) in [6.45, 7) is 3.29. The second-order valence-corrected chi connectivity index (χ2v) is 7.76. The maximum absolute atomic E-state index is 6.26. The van der Waals surface area contributed by atoms with E-state index < -0.39 is 0 Å². The van der Waals surface area contributed by atoms with Crippen molar-refractivity contribution in [2.45, 2.75) is 0 Å². The molecule has 8 nitrogen and oxygen atoms in total. The Hall–Kier alpha value is -3.91. The highest BCUT2D eigenvalue weighted by Crippen LogP contribution is 2.37. The minimum absolute atomic E-state index is 0.374. The Balaban J connectivity index is 1.63. The SMILES string of the molecule is COc1cc(OC)cc(-c2cc(-c3ccc(N4CCOCC4)cc3)nc3ncnc(N)c23)c1. The Kier molecular flexibility index (Phi) is 5.66. The zero-order valence-corrected chi connectivity index (χ0v) is 18.6. The second-order valence-electron chi connectivity index (χ2n) is 7.76. The van der Waals surface area contributed by atoms with Crippen LogP contribution in [0.25, 0.3) is 33.4 Å². The van der Waals surface area contributed by atoms with Gasteiger partial charge in [0.15, 0.2) is 5.65 Å². The average Bonchev–Trinajstić information content (AvgIpc) is 2.88. The van der Waals surface area contributed by atoms with Gasteiger partial charge in [-0.05, 0) is 41.5 Å². The van der Waals surface area contributed by atoms with Gasteiger partial charge in [-0.3, -0.25) is 0 Å². The van der Waals surface area contributed by atoms with Gasteiger partial charge in [0.1, 0.15) is 23.6 Å². The van der Waals surface area contributed by atoms with Crippen molar-refractivity contribution in [2.75, 3.05) is 51.2 Å². The summed E-state index contributed by atoms with van der Waals surface area (Å²) in [5.41, 5.74) is 11.5. The quantitative estimate of drug-likeness (QED) is 0.498. The van der Waals surface area contributed by atoms with E-state index in [0.29, 0.717) is 28.4 Å². The van der Waals surface area contributed by atoms with Crippen LogP contribution >= 0.6 is 0 Å². The van der Waals surface area contributed by atoms with Gasteiger partial charge < -0.3 is 24.8 Å². The van der Waals surface area contributed by atoms with Gasteiger partial charge in [-0.1, -0.05) is 12.1 Å². The lowest BCUT2D eigenvalue weighted by atomic mass is 9.99. The first-order chi connectivity index (χ1) is 16.2. The summed E-state index contributed by atoms with van der Waals surface area (Å²) in [4.78, 5) is 15.7. The Bertz CT molecular complexity index is 1270. The summed E-state index contributed by atoms with van der Waals surface area (Å²) in [6, 6.07) is 16.1. The molecule has 3 heterocycles. The molecule has 33 heavy (non-hydrogen) atoms. The number of methoxy groups -OCH3 is 2. The van der Waals surface area contributed by atoms with Crippen molar-refractivity contribution in [2.24, 2.45) is 0 Å². The van der Waals surface area contributed by atoms with Crippen molar-refractivity contribution in [3.05, 3.63) is 54.9 Å². The zero-order chi connectivity index (χ0) is 22.8. The van der Waals surface area contributed by atoms with Crippen molar-refractivity contribution in [1.82, 2.24) is 15.0 Å². The van der Waals surface area contributed by atoms with E-state index in [4.69, 9.17) is 24.9 Å². The van der Waals surface area contributed by atoms with Gasteiger partial charge in [0.25, 0.3) is 0 Å². The molecule has 8 heteroatoms. The van der Waals surface area contributed by atoms with Gasteiger partial charge in [-0.15, -0.1) is 0 Å². The fraction of sp³-hybridized carbons (Fsp3) is 0.240. The van der Waals surface area contributed by atoms with Gasteiger partial charge in [0.2, 0.25) is 0 Å². The molecule has 1 aliphatic rings. The molecular formula is C25H25N5O3. The van der Waals surface area contributed by atoms with E-state index in [9.17, 15) is 0 Å². The van der Waals surface area contributed by atoms with E-state index in [1.54, 1.807) is 14.2 Å². The lowest BCUT2D eigenvalue weighted by Crippen LogP contribution is -2.36. The summed E-state index contributed by atoms with van der Waals surface area (Å²) in [5.74, 6) is 1.74. The van der Waals surface area contributed by atoms with Crippen LogP contribution in [0.5, 0.6) is 11.5 Å². The third-order valence-corrected chi connectivity index (χ3v) is 5.84. The third-order valence-electron chi connectivity index (χ3n) is 5.84. The van der Waals surface area contributed by atoms with Crippen LogP contribution in [-0.4, -0.2) is 55.5 Å². The number of hydrogen-bond donors (Lipinski definition) is 1. The van der Waals surface area contributed by atoms with Gasteiger partial charge in [-0.25, -0.2) is 15.0 Å². The number of aromatic nitrogens is 3. The lowest BCUT2D eigenvalue weighted by molar-refractivity contribution is 0.122. The van der Waals surface area contributed by atoms with Gasteiger partial charge in [-0.2, -0.15) is 0 Å². The molecule has 1 fully saturated rings. The largest absolute Gasteiger partial charge is 0.497 e. The maximum Gasteiger partial charge on any atom is 0.165 e. The monoisotopic (exact) mass is 443 g/mol. The number of anilines is 2. The standard InChI is InChI=1S/C25H25N5O3/c1-31-19-11-17(12-20(13-19)32-2)21-14-22(29-25-23(21)24(26)27-15-28-25)16-3-5-18(6-4-16)30-7-9-33-10-8-30/h3-6,11-15H,7-10H2,1-2H3,(H2,26,27,28,29). The Morgan fingerprint density at radius 1 is 0.879 bits per heavy atom. The highest BCUT2D eigenvalue weighted by molar-refractivity contribution is 6.01. The number of fused-ring (bicyclic) bond motifs is 1. The van der Waals surface area contributed by atoms with Crippen LogP contribution in [0.4, 0.5) is 11.5 Å². The molecule has 168 valence electrons. The summed E-state index contributed by atoms with van der Waals surface area (Å²) >= 11 is 0. The topological polar surface area (TPSA) is 95.6 Å². The molecule has 1 saturated heterocycles. The molecule has 2 aromatic carbocycles. The number of pyridine rings is 1. The highest BCUT2D eigenvalue weighted by atomic mass is 16.5. The van der Waals surface area contributed by atoms with E-state index >= 15 is 0 Å². The number of hydrogen-bond acceptors (Lipinski definition) is 8. The van der Waals surface area contributed by atoms with Crippen molar-refractivity contribution < 1.29 is 14.2 Å².